The molecule has 0 heterocycles. The smallest absolute Gasteiger partial charge is 0.270 e. The topological polar surface area (TPSA) is 89.7 Å². The second-order valence-corrected chi connectivity index (χ2v) is 3.70. The van der Waals surface area contributed by atoms with E-state index in [1.165, 1.54) is 12.1 Å². The van der Waals surface area contributed by atoms with Gasteiger partial charge in [-0.3, -0.25) is 14.9 Å². The molecule has 6 nitrogen and oxygen atoms in total. The second-order valence-electron chi connectivity index (χ2n) is 3.70. The molecular formula is C11H13NO5. The Bertz CT molecular complexity index is 418. The molecule has 0 bridgehead atoms. The number of aldehydes is 1. The van der Waals surface area contributed by atoms with Gasteiger partial charge in [-0.25, -0.2) is 0 Å². The summed E-state index contributed by atoms with van der Waals surface area (Å²) in [5, 5.41) is 19.3. The quantitative estimate of drug-likeness (QED) is 0.460. The Kier molecular flexibility index (Phi) is 4.59. The summed E-state index contributed by atoms with van der Waals surface area (Å²) in [7, 11) is 0. The number of aliphatic hydroxyl groups is 1. The summed E-state index contributed by atoms with van der Waals surface area (Å²) >= 11 is 0. The molecule has 0 aliphatic carbocycles. The largest absolute Gasteiger partial charge is 0.492 e. The molecule has 0 fully saturated rings. The fourth-order valence-corrected chi connectivity index (χ4v) is 1.16. The monoisotopic (exact) mass is 239 g/mol. The van der Waals surface area contributed by atoms with E-state index in [2.05, 4.69) is 0 Å². The molecule has 0 aromatic heterocycles. The van der Waals surface area contributed by atoms with Gasteiger partial charge in [-0.1, -0.05) is 6.92 Å². The Balaban J connectivity index is 2.85. The SMILES string of the molecule is CC(CO)COc1ccc([N+](=O)[O-])cc1C=O. The maximum atomic E-state index is 10.8. The average Bonchev–Trinajstić information content (AvgIpc) is 2.35. The van der Waals surface area contributed by atoms with Gasteiger partial charge >= 0.3 is 0 Å². The van der Waals surface area contributed by atoms with Crippen LogP contribution in [0.2, 0.25) is 0 Å². The fraction of sp³-hybridized carbons (Fsp3) is 0.364. The Hall–Kier alpha value is -1.95. The molecule has 1 N–H and O–H groups in total. The van der Waals surface area contributed by atoms with Crippen LogP contribution in [0, 0.1) is 16.0 Å². The van der Waals surface area contributed by atoms with E-state index >= 15 is 0 Å². The zero-order chi connectivity index (χ0) is 12.8. The Labute approximate surface area is 98.0 Å². The van der Waals surface area contributed by atoms with Gasteiger partial charge in [0.2, 0.25) is 0 Å². The van der Waals surface area contributed by atoms with Gasteiger partial charge in [-0.05, 0) is 6.07 Å². The number of non-ortho nitro benzene ring substituents is 1. The molecule has 0 saturated carbocycles. The number of rotatable bonds is 6. The summed E-state index contributed by atoms with van der Waals surface area (Å²) in [6.45, 7) is 2.00. The standard InChI is InChI=1S/C11H13NO5/c1-8(5-13)7-17-11-3-2-10(12(15)16)4-9(11)6-14/h2-4,6,8,13H,5,7H2,1H3. The van der Waals surface area contributed by atoms with Crippen LogP contribution in [0.5, 0.6) is 5.75 Å². The van der Waals surface area contributed by atoms with Crippen molar-refractivity contribution in [1.29, 1.82) is 0 Å². The summed E-state index contributed by atoms with van der Waals surface area (Å²) in [6.07, 6.45) is 0.506. The van der Waals surface area contributed by atoms with Crippen LogP contribution in [0.25, 0.3) is 0 Å². The Morgan fingerprint density at radius 2 is 2.29 bits per heavy atom. The van der Waals surface area contributed by atoms with Gasteiger partial charge in [0.25, 0.3) is 5.69 Å². The highest BCUT2D eigenvalue weighted by Gasteiger charge is 2.12. The average molecular weight is 239 g/mol. The predicted molar refractivity (Wildman–Crippen MR) is 60.2 cm³/mol. The summed E-state index contributed by atoms with van der Waals surface area (Å²) in [6, 6.07) is 3.81. The lowest BCUT2D eigenvalue weighted by Crippen LogP contribution is -2.12. The van der Waals surface area contributed by atoms with Crippen molar-refractivity contribution in [3.8, 4) is 5.75 Å². The first kappa shape index (κ1) is 13.1. The van der Waals surface area contributed by atoms with Crippen LogP contribution in [0.1, 0.15) is 17.3 Å². The van der Waals surface area contributed by atoms with Crippen LogP contribution in [0.15, 0.2) is 18.2 Å². The minimum atomic E-state index is -0.576. The van der Waals surface area contributed by atoms with Gasteiger partial charge in [0, 0.05) is 24.7 Å². The number of hydrogen-bond acceptors (Lipinski definition) is 5. The van der Waals surface area contributed by atoms with Gasteiger partial charge in [0.05, 0.1) is 17.1 Å². The zero-order valence-electron chi connectivity index (χ0n) is 9.33. The molecule has 0 radical (unpaired) electrons. The molecule has 92 valence electrons. The first-order valence-electron chi connectivity index (χ1n) is 5.05. The molecule has 6 heteroatoms. The first-order chi connectivity index (χ1) is 8.08. The third-order valence-corrected chi connectivity index (χ3v) is 2.17. The molecule has 0 saturated heterocycles. The van der Waals surface area contributed by atoms with E-state index < -0.39 is 4.92 Å². The van der Waals surface area contributed by atoms with Gasteiger partial charge in [0.1, 0.15) is 5.75 Å². The van der Waals surface area contributed by atoms with Crippen molar-refractivity contribution in [3.05, 3.63) is 33.9 Å². The Morgan fingerprint density at radius 3 is 2.82 bits per heavy atom. The normalized spacial score (nSPS) is 11.9. The number of nitrogens with zero attached hydrogens (tertiary/aromatic N) is 1. The zero-order valence-corrected chi connectivity index (χ0v) is 9.33. The van der Waals surface area contributed by atoms with Crippen molar-refractivity contribution < 1.29 is 19.6 Å². The number of nitro groups is 1. The van der Waals surface area contributed by atoms with Crippen LogP contribution < -0.4 is 4.74 Å². The van der Waals surface area contributed by atoms with Gasteiger partial charge < -0.3 is 9.84 Å². The van der Waals surface area contributed by atoms with E-state index in [1.807, 2.05) is 0 Å². The molecule has 1 unspecified atom stereocenters. The third kappa shape index (κ3) is 3.53. The summed E-state index contributed by atoms with van der Waals surface area (Å²) in [5.41, 5.74) is -0.0287. The van der Waals surface area contributed by atoms with Crippen molar-refractivity contribution in [2.75, 3.05) is 13.2 Å². The number of nitro benzene ring substituents is 1. The number of carbonyl (C=O) groups is 1. The van der Waals surface area contributed by atoms with E-state index in [0.717, 1.165) is 6.07 Å². The van der Waals surface area contributed by atoms with E-state index in [-0.39, 0.29) is 36.1 Å². The molecule has 1 aromatic rings. The lowest BCUT2D eigenvalue weighted by atomic mass is 10.2. The molecule has 0 aliphatic heterocycles. The number of carbonyl (C=O) groups excluding carboxylic acids is 1. The molecule has 0 aliphatic rings. The van der Waals surface area contributed by atoms with Crippen molar-refractivity contribution in [2.24, 2.45) is 5.92 Å². The second kappa shape index (κ2) is 5.95. The molecule has 1 rings (SSSR count). The lowest BCUT2D eigenvalue weighted by molar-refractivity contribution is -0.384. The number of benzene rings is 1. The summed E-state index contributed by atoms with van der Waals surface area (Å²) in [5.74, 6) is 0.218. The Morgan fingerprint density at radius 1 is 1.59 bits per heavy atom. The molecule has 0 spiro atoms. The molecule has 17 heavy (non-hydrogen) atoms. The van der Waals surface area contributed by atoms with Crippen molar-refractivity contribution in [2.45, 2.75) is 6.92 Å². The minimum Gasteiger partial charge on any atom is -0.492 e. The first-order valence-corrected chi connectivity index (χ1v) is 5.05. The molecule has 1 atom stereocenters. The molecule has 1 aromatic carbocycles. The van der Waals surface area contributed by atoms with Crippen LogP contribution in [-0.4, -0.2) is 29.5 Å². The molecular weight excluding hydrogens is 226 g/mol. The van der Waals surface area contributed by atoms with Gasteiger partial charge in [-0.2, -0.15) is 0 Å². The highest BCUT2D eigenvalue weighted by Crippen LogP contribution is 2.23. The number of ether oxygens (including phenoxy) is 1. The summed E-state index contributed by atoms with van der Waals surface area (Å²) < 4.78 is 5.30. The minimum absolute atomic E-state index is 0.0244. The maximum absolute atomic E-state index is 10.8. The maximum Gasteiger partial charge on any atom is 0.270 e. The molecule has 0 amide bonds. The highest BCUT2D eigenvalue weighted by molar-refractivity contribution is 5.80. The van der Waals surface area contributed by atoms with E-state index in [9.17, 15) is 14.9 Å². The predicted octanol–water partition coefficient (Wildman–Crippen LogP) is 1.41. The van der Waals surface area contributed by atoms with Gasteiger partial charge in [0.15, 0.2) is 6.29 Å². The summed E-state index contributed by atoms with van der Waals surface area (Å²) in [4.78, 5) is 20.7. The van der Waals surface area contributed by atoms with Crippen LogP contribution in [-0.2, 0) is 0 Å². The number of aliphatic hydroxyl groups excluding tert-OH is 1. The number of hydrogen-bond donors (Lipinski definition) is 1. The third-order valence-electron chi connectivity index (χ3n) is 2.17. The lowest BCUT2D eigenvalue weighted by Gasteiger charge is -2.11. The van der Waals surface area contributed by atoms with E-state index in [4.69, 9.17) is 9.84 Å². The van der Waals surface area contributed by atoms with Gasteiger partial charge in [-0.15, -0.1) is 0 Å². The van der Waals surface area contributed by atoms with E-state index in [1.54, 1.807) is 6.92 Å². The van der Waals surface area contributed by atoms with Crippen molar-refractivity contribution in [3.63, 3.8) is 0 Å². The van der Waals surface area contributed by atoms with E-state index in [0.29, 0.717) is 6.29 Å². The van der Waals surface area contributed by atoms with Crippen molar-refractivity contribution in [1.82, 2.24) is 0 Å². The van der Waals surface area contributed by atoms with Crippen molar-refractivity contribution >= 4 is 12.0 Å². The van der Waals surface area contributed by atoms with Crippen LogP contribution in [0.3, 0.4) is 0 Å². The van der Waals surface area contributed by atoms with Crippen LogP contribution >= 0.6 is 0 Å². The highest BCUT2D eigenvalue weighted by atomic mass is 16.6. The fourth-order valence-electron chi connectivity index (χ4n) is 1.16. The van der Waals surface area contributed by atoms with Crippen LogP contribution in [0.4, 0.5) is 5.69 Å².